The highest BCUT2D eigenvalue weighted by atomic mass is 16.3. The summed E-state index contributed by atoms with van der Waals surface area (Å²) in [4.78, 5) is 2.06. The summed E-state index contributed by atoms with van der Waals surface area (Å²) in [7, 11) is 0. The SMILES string of the molecule is CC1CCN(c2ccc3nnnn3n2)CC1O. The summed E-state index contributed by atoms with van der Waals surface area (Å²) >= 11 is 0. The predicted molar refractivity (Wildman–Crippen MR) is 60.6 cm³/mol. The zero-order valence-electron chi connectivity index (χ0n) is 9.56. The van der Waals surface area contributed by atoms with Crippen molar-refractivity contribution in [2.45, 2.75) is 19.4 Å². The Morgan fingerprint density at radius 2 is 2.29 bits per heavy atom. The van der Waals surface area contributed by atoms with Crippen LogP contribution < -0.4 is 4.90 Å². The molecule has 7 heteroatoms. The van der Waals surface area contributed by atoms with E-state index >= 15 is 0 Å². The summed E-state index contributed by atoms with van der Waals surface area (Å²) in [5, 5.41) is 25.3. The van der Waals surface area contributed by atoms with Crippen LogP contribution in [0.5, 0.6) is 0 Å². The summed E-state index contributed by atoms with van der Waals surface area (Å²) in [5.74, 6) is 1.15. The Morgan fingerprint density at radius 1 is 1.41 bits per heavy atom. The van der Waals surface area contributed by atoms with Crippen LogP contribution in [-0.4, -0.2) is 49.6 Å². The number of fused-ring (bicyclic) bond motifs is 1. The molecule has 0 radical (unpaired) electrons. The number of aliphatic hydroxyl groups is 1. The lowest BCUT2D eigenvalue weighted by atomic mass is 9.96. The van der Waals surface area contributed by atoms with Crippen molar-refractivity contribution in [2.24, 2.45) is 5.92 Å². The van der Waals surface area contributed by atoms with Gasteiger partial charge in [0.15, 0.2) is 11.5 Å². The molecule has 1 fully saturated rings. The van der Waals surface area contributed by atoms with E-state index in [4.69, 9.17) is 0 Å². The number of piperidine rings is 1. The Morgan fingerprint density at radius 3 is 3.12 bits per heavy atom. The maximum Gasteiger partial charge on any atom is 0.200 e. The van der Waals surface area contributed by atoms with Crippen LogP contribution in [0.15, 0.2) is 12.1 Å². The highest BCUT2D eigenvalue weighted by Crippen LogP contribution is 2.21. The lowest BCUT2D eigenvalue weighted by Crippen LogP contribution is -2.43. The van der Waals surface area contributed by atoms with E-state index in [9.17, 15) is 5.11 Å². The van der Waals surface area contributed by atoms with Crippen molar-refractivity contribution < 1.29 is 5.11 Å². The molecule has 7 nitrogen and oxygen atoms in total. The average Bonchev–Trinajstić information content (AvgIpc) is 2.79. The summed E-state index contributed by atoms with van der Waals surface area (Å²) in [5.41, 5.74) is 0.625. The Balaban J connectivity index is 1.88. The number of hydrogen-bond acceptors (Lipinski definition) is 6. The fourth-order valence-electron chi connectivity index (χ4n) is 2.07. The van der Waals surface area contributed by atoms with Crippen molar-refractivity contribution in [3.63, 3.8) is 0 Å². The second-order valence-corrected chi connectivity index (χ2v) is 4.50. The molecule has 3 heterocycles. The number of nitrogens with zero attached hydrogens (tertiary/aromatic N) is 6. The van der Waals surface area contributed by atoms with E-state index in [1.807, 2.05) is 12.1 Å². The third kappa shape index (κ3) is 1.82. The second-order valence-electron chi connectivity index (χ2n) is 4.50. The number of β-amino-alcohol motifs (C(OH)–C–C–N with tert-alkyl or cyclic N) is 1. The number of tetrazole rings is 1. The van der Waals surface area contributed by atoms with Crippen molar-refractivity contribution >= 4 is 11.5 Å². The first-order valence-corrected chi connectivity index (χ1v) is 5.72. The van der Waals surface area contributed by atoms with Gasteiger partial charge in [0.2, 0.25) is 0 Å². The number of rotatable bonds is 1. The fraction of sp³-hybridized carbons (Fsp3) is 0.600. The lowest BCUT2D eigenvalue weighted by Gasteiger charge is -2.34. The molecule has 2 unspecified atom stereocenters. The highest BCUT2D eigenvalue weighted by Gasteiger charge is 2.25. The van der Waals surface area contributed by atoms with Crippen molar-refractivity contribution in [1.29, 1.82) is 0 Å². The first-order chi connectivity index (χ1) is 8.24. The minimum absolute atomic E-state index is 0.296. The van der Waals surface area contributed by atoms with Gasteiger partial charge in [-0.2, -0.15) is 0 Å². The lowest BCUT2D eigenvalue weighted by molar-refractivity contribution is 0.102. The third-order valence-corrected chi connectivity index (χ3v) is 3.30. The van der Waals surface area contributed by atoms with Gasteiger partial charge in [0.05, 0.1) is 6.10 Å². The standard InChI is InChI=1S/C10H14N6O/c1-7-4-5-15(6-8(7)17)10-3-2-9-11-13-14-16(9)12-10/h2-3,7-8,17H,4-6H2,1H3. The summed E-state index contributed by atoms with van der Waals surface area (Å²) in [6.07, 6.45) is 0.673. The smallest absolute Gasteiger partial charge is 0.200 e. The molecule has 0 saturated carbocycles. The highest BCUT2D eigenvalue weighted by molar-refractivity contribution is 5.44. The molecule has 1 saturated heterocycles. The molecular weight excluding hydrogens is 220 g/mol. The van der Waals surface area contributed by atoms with Crippen LogP contribution in [0.2, 0.25) is 0 Å². The molecular formula is C10H14N6O. The van der Waals surface area contributed by atoms with Crippen LogP contribution in [0.1, 0.15) is 13.3 Å². The van der Waals surface area contributed by atoms with Crippen LogP contribution in [-0.2, 0) is 0 Å². The quantitative estimate of drug-likeness (QED) is 0.731. The van der Waals surface area contributed by atoms with Crippen molar-refractivity contribution in [3.8, 4) is 0 Å². The number of anilines is 1. The average molecular weight is 234 g/mol. The molecule has 2 atom stereocenters. The van der Waals surface area contributed by atoms with Gasteiger partial charge in [-0.15, -0.1) is 14.8 Å². The van der Waals surface area contributed by atoms with E-state index in [2.05, 4.69) is 32.4 Å². The molecule has 0 aromatic carbocycles. The molecule has 2 aromatic heterocycles. The summed E-state index contributed by atoms with van der Waals surface area (Å²) < 4.78 is 1.40. The molecule has 90 valence electrons. The van der Waals surface area contributed by atoms with E-state index < -0.39 is 0 Å². The van der Waals surface area contributed by atoms with Crippen molar-refractivity contribution in [2.75, 3.05) is 18.0 Å². The van der Waals surface area contributed by atoms with Crippen LogP contribution in [0.4, 0.5) is 5.82 Å². The molecule has 0 amide bonds. The summed E-state index contributed by atoms with van der Waals surface area (Å²) in [6, 6.07) is 3.71. The first kappa shape index (κ1) is 10.4. The molecule has 0 spiro atoms. The number of hydrogen-bond donors (Lipinski definition) is 1. The van der Waals surface area contributed by atoms with Crippen molar-refractivity contribution in [1.82, 2.24) is 25.3 Å². The molecule has 0 aliphatic carbocycles. The normalized spacial score (nSPS) is 25.4. The second kappa shape index (κ2) is 3.92. The van der Waals surface area contributed by atoms with Gasteiger partial charge in [-0.25, -0.2) is 0 Å². The van der Waals surface area contributed by atoms with E-state index in [0.29, 0.717) is 18.1 Å². The molecule has 1 N–H and O–H groups in total. The van der Waals surface area contributed by atoms with Crippen LogP contribution in [0.25, 0.3) is 5.65 Å². The van der Waals surface area contributed by atoms with Gasteiger partial charge >= 0.3 is 0 Å². The Hall–Kier alpha value is -1.76. The van der Waals surface area contributed by atoms with Gasteiger partial charge in [0.25, 0.3) is 0 Å². The van der Waals surface area contributed by atoms with E-state index in [-0.39, 0.29) is 6.10 Å². The molecule has 1 aliphatic rings. The Labute approximate surface area is 98.0 Å². The molecule has 1 aliphatic heterocycles. The maximum atomic E-state index is 9.87. The minimum Gasteiger partial charge on any atom is -0.391 e. The van der Waals surface area contributed by atoms with Gasteiger partial charge in [0, 0.05) is 13.1 Å². The largest absolute Gasteiger partial charge is 0.391 e. The zero-order chi connectivity index (χ0) is 11.8. The zero-order valence-corrected chi connectivity index (χ0v) is 9.56. The Kier molecular flexibility index (Phi) is 2.40. The van der Waals surface area contributed by atoms with Gasteiger partial charge < -0.3 is 10.0 Å². The molecule has 3 rings (SSSR count). The van der Waals surface area contributed by atoms with Crippen LogP contribution >= 0.6 is 0 Å². The fourth-order valence-corrected chi connectivity index (χ4v) is 2.07. The minimum atomic E-state index is -0.296. The molecule has 2 aromatic rings. The molecule has 17 heavy (non-hydrogen) atoms. The summed E-state index contributed by atoms with van der Waals surface area (Å²) in [6.45, 7) is 3.58. The number of aliphatic hydroxyl groups excluding tert-OH is 1. The van der Waals surface area contributed by atoms with Gasteiger partial charge in [-0.3, -0.25) is 0 Å². The molecule has 0 bridgehead atoms. The van der Waals surface area contributed by atoms with Crippen LogP contribution in [0.3, 0.4) is 0 Å². The monoisotopic (exact) mass is 234 g/mol. The number of aromatic nitrogens is 5. The van der Waals surface area contributed by atoms with Crippen molar-refractivity contribution in [3.05, 3.63) is 12.1 Å². The third-order valence-electron chi connectivity index (χ3n) is 3.30. The maximum absolute atomic E-state index is 9.87. The Bertz CT molecular complexity index is 526. The van der Waals surface area contributed by atoms with Gasteiger partial charge in [-0.05, 0) is 34.9 Å². The van der Waals surface area contributed by atoms with Crippen LogP contribution in [0, 0.1) is 5.92 Å². The predicted octanol–water partition coefficient (Wildman–Crippen LogP) is -0.274. The van der Waals surface area contributed by atoms with Gasteiger partial charge in [-0.1, -0.05) is 6.92 Å². The van der Waals surface area contributed by atoms with E-state index in [1.165, 1.54) is 4.63 Å². The van der Waals surface area contributed by atoms with E-state index in [1.54, 1.807) is 0 Å². The topological polar surface area (TPSA) is 79.4 Å². The first-order valence-electron chi connectivity index (χ1n) is 5.72. The van der Waals surface area contributed by atoms with E-state index in [0.717, 1.165) is 18.8 Å². The van der Waals surface area contributed by atoms with Gasteiger partial charge in [0.1, 0.15) is 0 Å².